The van der Waals surface area contributed by atoms with E-state index in [0.717, 1.165) is 0 Å². The maximum absolute atomic E-state index is 11.0. The monoisotopic (exact) mass is 240 g/mol. The Morgan fingerprint density at radius 3 is 2.53 bits per heavy atom. The number of rotatable bonds is 5. The van der Waals surface area contributed by atoms with Crippen molar-refractivity contribution in [1.82, 2.24) is 0 Å². The first-order valence-corrected chi connectivity index (χ1v) is 5.75. The molecule has 0 unspecified atom stereocenters. The second-order valence-corrected chi connectivity index (χ2v) is 2.86. The molecule has 1 rings (SSSR count). The smallest absolute Gasteiger partial charge is 0.344 e. The average molecular weight is 240 g/mol. The summed E-state index contributed by atoms with van der Waals surface area (Å²) in [4.78, 5) is 11.0. The van der Waals surface area contributed by atoms with Crippen LogP contribution in [0.1, 0.15) is 26.3 Å². The predicted octanol–water partition coefficient (Wildman–Crippen LogP) is 2.15. The van der Waals surface area contributed by atoms with Crippen molar-refractivity contribution in [1.29, 1.82) is 0 Å². The van der Waals surface area contributed by atoms with Gasteiger partial charge in [-0.25, -0.2) is 4.79 Å². The molecule has 96 valence electrons. The largest absolute Gasteiger partial charge is 0.482 e. The molecule has 1 aromatic rings. The van der Waals surface area contributed by atoms with Crippen LogP contribution in [0.4, 0.5) is 0 Å². The summed E-state index contributed by atoms with van der Waals surface area (Å²) >= 11 is 0. The fraction of sp³-hybridized carbons (Fsp3) is 0.462. The fourth-order valence-corrected chi connectivity index (χ4v) is 1.11. The van der Waals surface area contributed by atoms with Crippen LogP contribution in [0.25, 0.3) is 0 Å². The Morgan fingerprint density at radius 2 is 1.94 bits per heavy atom. The van der Waals surface area contributed by atoms with Gasteiger partial charge in [0.25, 0.3) is 0 Å². The van der Waals surface area contributed by atoms with Crippen molar-refractivity contribution in [3.63, 3.8) is 0 Å². The molecule has 1 N–H and O–H groups in total. The van der Waals surface area contributed by atoms with E-state index in [-0.39, 0.29) is 13.2 Å². The summed E-state index contributed by atoms with van der Waals surface area (Å²) in [5.74, 6) is 0.0956. The lowest BCUT2D eigenvalue weighted by molar-refractivity contribution is -0.145. The highest BCUT2D eigenvalue weighted by molar-refractivity contribution is 5.71. The minimum absolute atomic E-state index is 0.112. The first-order valence-electron chi connectivity index (χ1n) is 5.75. The van der Waals surface area contributed by atoms with E-state index in [2.05, 4.69) is 0 Å². The van der Waals surface area contributed by atoms with Crippen molar-refractivity contribution < 1.29 is 19.4 Å². The molecule has 0 aromatic heterocycles. The van der Waals surface area contributed by atoms with Crippen molar-refractivity contribution in [3.8, 4) is 5.75 Å². The standard InChI is InChI=1S/C11H14O4.C2H6/c1-2-14-11(13)8-15-10-6-4-3-5-9(10)7-12;1-2/h3-6,12H,2,7-8H2,1H3;1-2H3. The summed E-state index contributed by atoms with van der Waals surface area (Å²) in [5, 5.41) is 8.99. The van der Waals surface area contributed by atoms with Crippen LogP contribution in [0.15, 0.2) is 24.3 Å². The molecule has 0 aliphatic heterocycles. The molecular weight excluding hydrogens is 220 g/mol. The van der Waals surface area contributed by atoms with Crippen molar-refractivity contribution in [2.45, 2.75) is 27.4 Å². The normalized spacial score (nSPS) is 8.94. The highest BCUT2D eigenvalue weighted by Gasteiger charge is 2.05. The lowest BCUT2D eigenvalue weighted by Crippen LogP contribution is -2.15. The van der Waals surface area contributed by atoms with Crippen LogP contribution >= 0.6 is 0 Å². The van der Waals surface area contributed by atoms with E-state index < -0.39 is 5.97 Å². The molecule has 4 nitrogen and oxygen atoms in total. The van der Waals surface area contributed by atoms with Gasteiger partial charge in [-0.15, -0.1) is 0 Å². The third kappa shape index (κ3) is 5.92. The zero-order valence-electron chi connectivity index (χ0n) is 10.6. The van der Waals surface area contributed by atoms with Crippen LogP contribution in [0.2, 0.25) is 0 Å². The van der Waals surface area contributed by atoms with E-state index in [4.69, 9.17) is 14.6 Å². The highest BCUT2D eigenvalue weighted by atomic mass is 16.6. The molecule has 0 atom stereocenters. The molecular formula is C13H20O4. The number of hydrogen-bond acceptors (Lipinski definition) is 4. The third-order valence-corrected chi connectivity index (χ3v) is 1.79. The van der Waals surface area contributed by atoms with Crippen molar-refractivity contribution in [2.24, 2.45) is 0 Å². The molecule has 0 bridgehead atoms. The molecule has 17 heavy (non-hydrogen) atoms. The van der Waals surface area contributed by atoms with Crippen molar-refractivity contribution >= 4 is 5.97 Å². The molecule has 0 saturated heterocycles. The zero-order chi connectivity index (χ0) is 13.1. The van der Waals surface area contributed by atoms with E-state index in [9.17, 15) is 4.79 Å². The van der Waals surface area contributed by atoms with Crippen LogP contribution < -0.4 is 4.74 Å². The molecule has 0 amide bonds. The molecule has 0 aliphatic rings. The Morgan fingerprint density at radius 1 is 1.29 bits per heavy atom. The Hall–Kier alpha value is -1.55. The maximum atomic E-state index is 11.0. The first-order chi connectivity index (χ1) is 8.27. The van der Waals surface area contributed by atoms with E-state index in [1.807, 2.05) is 13.8 Å². The number of aliphatic hydroxyl groups is 1. The molecule has 0 spiro atoms. The average Bonchev–Trinajstić information content (AvgIpc) is 2.39. The Balaban J connectivity index is 0.00000121. The van der Waals surface area contributed by atoms with Crippen LogP contribution in [0.5, 0.6) is 5.75 Å². The van der Waals surface area contributed by atoms with Crippen molar-refractivity contribution in [3.05, 3.63) is 29.8 Å². The fourth-order valence-electron chi connectivity index (χ4n) is 1.11. The molecule has 4 heteroatoms. The summed E-state index contributed by atoms with van der Waals surface area (Å²) < 4.78 is 9.92. The van der Waals surface area contributed by atoms with Crippen LogP contribution in [-0.4, -0.2) is 24.3 Å². The van der Waals surface area contributed by atoms with Gasteiger partial charge in [0.15, 0.2) is 6.61 Å². The summed E-state index contributed by atoms with van der Waals surface area (Å²) in [7, 11) is 0. The summed E-state index contributed by atoms with van der Waals surface area (Å²) in [5.41, 5.74) is 0.654. The molecule has 1 aromatic carbocycles. The number of benzene rings is 1. The third-order valence-electron chi connectivity index (χ3n) is 1.79. The van der Waals surface area contributed by atoms with Gasteiger partial charge in [0.1, 0.15) is 5.75 Å². The Bertz CT molecular complexity index is 323. The van der Waals surface area contributed by atoms with E-state index in [1.165, 1.54) is 0 Å². The topological polar surface area (TPSA) is 55.8 Å². The molecule has 0 saturated carbocycles. The van der Waals surface area contributed by atoms with E-state index in [1.54, 1.807) is 31.2 Å². The van der Waals surface area contributed by atoms with E-state index in [0.29, 0.717) is 17.9 Å². The second-order valence-electron chi connectivity index (χ2n) is 2.86. The van der Waals surface area contributed by atoms with Gasteiger partial charge in [0, 0.05) is 5.56 Å². The van der Waals surface area contributed by atoms with Crippen LogP contribution in [0.3, 0.4) is 0 Å². The number of ether oxygens (including phenoxy) is 2. The Kier molecular flexibility index (Phi) is 8.78. The van der Waals surface area contributed by atoms with Gasteiger partial charge >= 0.3 is 5.97 Å². The van der Waals surface area contributed by atoms with Gasteiger partial charge in [-0.05, 0) is 13.0 Å². The minimum Gasteiger partial charge on any atom is -0.482 e. The van der Waals surface area contributed by atoms with Crippen LogP contribution in [0, 0.1) is 0 Å². The quantitative estimate of drug-likeness (QED) is 0.801. The van der Waals surface area contributed by atoms with Gasteiger partial charge in [0.2, 0.25) is 0 Å². The molecule has 0 fully saturated rings. The van der Waals surface area contributed by atoms with Gasteiger partial charge in [-0.1, -0.05) is 32.0 Å². The lowest BCUT2D eigenvalue weighted by Gasteiger charge is -2.08. The number of carbonyl (C=O) groups is 1. The highest BCUT2D eigenvalue weighted by Crippen LogP contribution is 2.17. The van der Waals surface area contributed by atoms with E-state index >= 15 is 0 Å². The number of esters is 1. The number of carbonyl (C=O) groups excluding carboxylic acids is 1. The molecule has 0 aliphatic carbocycles. The number of hydrogen-bond donors (Lipinski definition) is 1. The first kappa shape index (κ1) is 15.4. The lowest BCUT2D eigenvalue weighted by atomic mass is 10.2. The maximum Gasteiger partial charge on any atom is 0.344 e. The second kappa shape index (κ2) is 9.66. The van der Waals surface area contributed by atoms with Gasteiger partial charge < -0.3 is 14.6 Å². The van der Waals surface area contributed by atoms with Gasteiger partial charge in [0.05, 0.1) is 13.2 Å². The summed E-state index contributed by atoms with van der Waals surface area (Å²) in [6.07, 6.45) is 0. The summed E-state index contributed by atoms with van der Waals surface area (Å²) in [6, 6.07) is 7.01. The van der Waals surface area contributed by atoms with Gasteiger partial charge in [-0.3, -0.25) is 0 Å². The molecule has 0 heterocycles. The number of para-hydroxylation sites is 1. The minimum atomic E-state index is -0.412. The SMILES string of the molecule is CC.CCOC(=O)COc1ccccc1CO. The van der Waals surface area contributed by atoms with Crippen LogP contribution in [-0.2, 0) is 16.1 Å². The van der Waals surface area contributed by atoms with Gasteiger partial charge in [-0.2, -0.15) is 0 Å². The number of aliphatic hydroxyl groups excluding tert-OH is 1. The van der Waals surface area contributed by atoms with Crippen molar-refractivity contribution in [2.75, 3.05) is 13.2 Å². The summed E-state index contributed by atoms with van der Waals surface area (Å²) in [6.45, 7) is 5.83. The zero-order valence-corrected chi connectivity index (χ0v) is 10.6. The predicted molar refractivity (Wildman–Crippen MR) is 65.8 cm³/mol. The molecule has 0 radical (unpaired) electrons. The Labute approximate surface area is 102 Å².